The molecule has 104 valence electrons. The van der Waals surface area contributed by atoms with Crippen LogP contribution in [-0.2, 0) is 15.9 Å². The summed E-state index contributed by atoms with van der Waals surface area (Å²) >= 11 is 0. The minimum Gasteiger partial charge on any atom is -0.465 e. The molecule has 1 heterocycles. The van der Waals surface area contributed by atoms with Gasteiger partial charge in [-0.1, -0.05) is 12.1 Å². The molecule has 0 bridgehead atoms. The Morgan fingerprint density at radius 2 is 1.95 bits per heavy atom. The third-order valence-corrected chi connectivity index (χ3v) is 3.42. The highest BCUT2D eigenvalue weighted by Gasteiger charge is 2.09. The minimum atomic E-state index is -0.278. The molecule has 4 heteroatoms. The van der Waals surface area contributed by atoms with E-state index in [-0.39, 0.29) is 5.97 Å². The second kappa shape index (κ2) is 7.26. The van der Waals surface area contributed by atoms with Gasteiger partial charge in [-0.25, -0.2) is 4.79 Å². The predicted molar refractivity (Wildman–Crippen MR) is 73.4 cm³/mol. The fourth-order valence-corrected chi connectivity index (χ4v) is 2.26. The first-order valence-corrected chi connectivity index (χ1v) is 6.77. The van der Waals surface area contributed by atoms with Gasteiger partial charge in [0.05, 0.1) is 25.9 Å². The van der Waals surface area contributed by atoms with Crippen LogP contribution >= 0.6 is 0 Å². The van der Waals surface area contributed by atoms with Crippen molar-refractivity contribution in [3.8, 4) is 0 Å². The Morgan fingerprint density at radius 1 is 1.26 bits per heavy atom. The summed E-state index contributed by atoms with van der Waals surface area (Å²) in [6.07, 6.45) is 2.18. The van der Waals surface area contributed by atoms with Crippen LogP contribution in [0.2, 0.25) is 0 Å². The van der Waals surface area contributed by atoms with E-state index in [0.717, 1.165) is 45.7 Å². The van der Waals surface area contributed by atoms with Crippen molar-refractivity contribution in [2.45, 2.75) is 12.8 Å². The summed E-state index contributed by atoms with van der Waals surface area (Å²) in [5.41, 5.74) is 1.88. The van der Waals surface area contributed by atoms with Gasteiger partial charge in [0.1, 0.15) is 0 Å². The van der Waals surface area contributed by atoms with Crippen LogP contribution < -0.4 is 0 Å². The number of rotatable bonds is 5. The number of carbonyl (C=O) groups excluding carboxylic acids is 1. The van der Waals surface area contributed by atoms with Gasteiger partial charge in [0.2, 0.25) is 0 Å². The second-order valence-electron chi connectivity index (χ2n) is 4.75. The number of hydrogen-bond donors (Lipinski definition) is 0. The number of methoxy groups -OCH3 is 1. The molecule has 4 nitrogen and oxygen atoms in total. The topological polar surface area (TPSA) is 38.8 Å². The van der Waals surface area contributed by atoms with Crippen molar-refractivity contribution in [2.75, 3.05) is 40.0 Å². The van der Waals surface area contributed by atoms with E-state index in [4.69, 9.17) is 4.74 Å². The van der Waals surface area contributed by atoms with Gasteiger partial charge < -0.3 is 9.47 Å². The molecule has 2 rings (SSSR count). The van der Waals surface area contributed by atoms with Gasteiger partial charge in [-0.05, 0) is 37.1 Å². The number of aryl methyl sites for hydroxylation is 1. The first-order valence-electron chi connectivity index (χ1n) is 6.77. The Hall–Kier alpha value is -1.39. The first-order chi connectivity index (χ1) is 9.29. The molecule has 0 aromatic heterocycles. The van der Waals surface area contributed by atoms with Crippen molar-refractivity contribution in [3.05, 3.63) is 35.4 Å². The van der Waals surface area contributed by atoms with E-state index in [0.29, 0.717) is 5.56 Å². The van der Waals surface area contributed by atoms with Crippen LogP contribution in [-0.4, -0.2) is 50.8 Å². The molecule has 0 spiro atoms. The Balaban J connectivity index is 1.75. The van der Waals surface area contributed by atoms with Crippen molar-refractivity contribution in [1.82, 2.24) is 4.90 Å². The van der Waals surface area contributed by atoms with E-state index in [1.807, 2.05) is 24.3 Å². The summed E-state index contributed by atoms with van der Waals surface area (Å²) < 4.78 is 10.0. The molecule has 0 saturated carbocycles. The molecular formula is C15H21NO3. The van der Waals surface area contributed by atoms with Crippen LogP contribution in [0.25, 0.3) is 0 Å². The minimum absolute atomic E-state index is 0.278. The van der Waals surface area contributed by atoms with Gasteiger partial charge >= 0.3 is 5.97 Å². The molecule has 0 unspecified atom stereocenters. The van der Waals surface area contributed by atoms with Gasteiger partial charge in [0.25, 0.3) is 0 Å². The van der Waals surface area contributed by atoms with Gasteiger partial charge in [-0.2, -0.15) is 0 Å². The summed E-state index contributed by atoms with van der Waals surface area (Å²) in [7, 11) is 1.40. The smallest absolute Gasteiger partial charge is 0.337 e. The van der Waals surface area contributed by atoms with Crippen molar-refractivity contribution < 1.29 is 14.3 Å². The van der Waals surface area contributed by atoms with Gasteiger partial charge in [-0.15, -0.1) is 0 Å². The molecular weight excluding hydrogens is 242 g/mol. The summed E-state index contributed by atoms with van der Waals surface area (Å²) in [4.78, 5) is 13.7. The fraction of sp³-hybridized carbons (Fsp3) is 0.533. The SMILES string of the molecule is COC(=O)c1ccc(CCCN2CCOCC2)cc1. The molecule has 19 heavy (non-hydrogen) atoms. The van der Waals surface area contributed by atoms with E-state index < -0.39 is 0 Å². The highest BCUT2D eigenvalue weighted by molar-refractivity contribution is 5.89. The van der Waals surface area contributed by atoms with Crippen molar-refractivity contribution in [1.29, 1.82) is 0 Å². The Kier molecular flexibility index (Phi) is 5.36. The lowest BCUT2D eigenvalue weighted by molar-refractivity contribution is 0.0374. The Morgan fingerprint density at radius 3 is 2.58 bits per heavy atom. The van der Waals surface area contributed by atoms with Crippen LogP contribution in [0.1, 0.15) is 22.3 Å². The number of nitrogens with zero attached hydrogens (tertiary/aromatic N) is 1. The number of esters is 1. The normalized spacial score (nSPS) is 16.3. The first kappa shape index (κ1) is 14.0. The Bertz CT molecular complexity index is 396. The van der Waals surface area contributed by atoms with E-state index in [9.17, 15) is 4.79 Å². The number of carbonyl (C=O) groups is 1. The molecule has 0 aliphatic carbocycles. The van der Waals surface area contributed by atoms with Crippen LogP contribution in [0, 0.1) is 0 Å². The molecule has 1 fully saturated rings. The maximum absolute atomic E-state index is 11.3. The highest BCUT2D eigenvalue weighted by atomic mass is 16.5. The highest BCUT2D eigenvalue weighted by Crippen LogP contribution is 2.09. The molecule has 0 N–H and O–H groups in total. The lowest BCUT2D eigenvalue weighted by Crippen LogP contribution is -2.36. The zero-order valence-corrected chi connectivity index (χ0v) is 11.4. The van der Waals surface area contributed by atoms with Crippen molar-refractivity contribution >= 4 is 5.97 Å². The summed E-state index contributed by atoms with van der Waals surface area (Å²) in [6.45, 7) is 4.91. The maximum atomic E-state index is 11.3. The van der Waals surface area contributed by atoms with Crippen LogP contribution in [0.5, 0.6) is 0 Å². The van der Waals surface area contributed by atoms with Gasteiger partial charge in [0, 0.05) is 13.1 Å². The zero-order chi connectivity index (χ0) is 13.5. The zero-order valence-electron chi connectivity index (χ0n) is 11.4. The molecule has 0 radical (unpaired) electrons. The molecule has 1 aliphatic heterocycles. The third kappa shape index (κ3) is 4.33. The average Bonchev–Trinajstić information content (AvgIpc) is 2.48. The number of benzene rings is 1. The number of morpholine rings is 1. The molecule has 1 aromatic carbocycles. The van der Waals surface area contributed by atoms with E-state index in [2.05, 4.69) is 9.64 Å². The monoisotopic (exact) mass is 263 g/mol. The summed E-state index contributed by atoms with van der Waals surface area (Å²) in [5.74, 6) is -0.278. The van der Waals surface area contributed by atoms with Crippen LogP contribution in [0.3, 0.4) is 0 Å². The average molecular weight is 263 g/mol. The Labute approximate surface area is 114 Å². The van der Waals surface area contributed by atoms with Crippen LogP contribution in [0.4, 0.5) is 0 Å². The quantitative estimate of drug-likeness (QED) is 0.759. The largest absolute Gasteiger partial charge is 0.465 e. The standard InChI is InChI=1S/C15H21NO3/c1-18-15(17)14-6-4-13(5-7-14)3-2-8-16-9-11-19-12-10-16/h4-7H,2-3,8-12H2,1H3. The van der Waals surface area contributed by atoms with E-state index in [1.54, 1.807) is 0 Å². The van der Waals surface area contributed by atoms with Crippen LogP contribution in [0.15, 0.2) is 24.3 Å². The molecule has 0 amide bonds. The van der Waals surface area contributed by atoms with E-state index >= 15 is 0 Å². The lowest BCUT2D eigenvalue weighted by atomic mass is 10.1. The molecule has 1 aliphatic rings. The number of ether oxygens (including phenoxy) is 2. The predicted octanol–water partition coefficient (Wildman–Crippen LogP) is 1.74. The van der Waals surface area contributed by atoms with E-state index in [1.165, 1.54) is 12.7 Å². The molecule has 1 aromatic rings. The maximum Gasteiger partial charge on any atom is 0.337 e. The molecule has 0 atom stereocenters. The van der Waals surface area contributed by atoms with Gasteiger partial charge in [-0.3, -0.25) is 4.90 Å². The lowest BCUT2D eigenvalue weighted by Gasteiger charge is -2.26. The summed E-state index contributed by atoms with van der Waals surface area (Å²) in [5, 5.41) is 0. The second-order valence-corrected chi connectivity index (χ2v) is 4.75. The summed E-state index contributed by atoms with van der Waals surface area (Å²) in [6, 6.07) is 7.67. The van der Waals surface area contributed by atoms with Crippen molar-refractivity contribution in [2.24, 2.45) is 0 Å². The van der Waals surface area contributed by atoms with Crippen molar-refractivity contribution in [3.63, 3.8) is 0 Å². The molecule has 1 saturated heterocycles. The number of hydrogen-bond acceptors (Lipinski definition) is 4. The third-order valence-electron chi connectivity index (χ3n) is 3.42. The van der Waals surface area contributed by atoms with Gasteiger partial charge in [0.15, 0.2) is 0 Å². The fourth-order valence-electron chi connectivity index (χ4n) is 2.26.